The van der Waals surface area contributed by atoms with Gasteiger partial charge in [0.05, 0.1) is 17.3 Å². The molecular weight excluding hydrogens is 272 g/mol. The van der Waals surface area contributed by atoms with E-state index < -0.39 is 24.0 Å². The van der Waals surface area contributed by atoms with E-state index in [1.165, 1.54) is 0 Å². The van der Waals surface area contributed by atoms with Crippen LogP contribution in [0.4, 0.5) is 0 Å². The van der Waals surface area contributed by atoms with E-state index in [4.69, 9.17) is 9.47 Å². The van der Waals surface area contributed by atoms with Gasteiger partial charge in [-0.05, 0) is 37.0 Å². The first-order valence-electron chi connectivity index (χ1n) is 7.54. The van der Waals surface area contributed by atoms with Crippen LogP contribution < -0.4 is 0 Å². The fourth-order valence-corrected chi connectivity index (χ4v) is 4.55. The van der Waals surface area contributed by atoms with Gasteiger partial charge in [0.2, 0.25) is 6.29 Å². The minimum atomic E-state index is -1.25. The third-order valence-corrected chi connectivity index (χ3v) is 5.65. The Balaban J connectivity index is 2.09. The number of cyclic esters (lactones) is 1. The normalized spacial score (nSPS) is 45.1. The number of fused-ring (bicyclic) bond motifs is 1. The summed E-state index contributed by atoms with van der Waals surface area (Å²) in [5.74, 6) is -0.484. The van der Waals surface area contributed by atoms with E-state index in [0.29, 0.717) is 12.0 Å². The molecule has 2 aliphatic carbocycles. The molecule has 5 nitrogen and oxygen atoms in total. The molecule has 0 aromatic heterocycles. The Kier molecular flexibility index (Phi) is 3.24. The number of ether oxygens (including phenoxy) is 2. The molecule has 0 spiro atoms. The number of aliphatic hydroxyl groups is 2. The fourth-order valence-electron chi connectivity index (χ4n) is 4.55. The smallest absolute Gasteiger partial charge is 0.339 e. The lowest BCUT2D eigenvalue weighted by atomic mass is 9.77. The minimum Gasteiger partial charge on any atom is -0.428 e. The summed E-state index contributed by atoms with van der Waals surface area (Å²) in [5, 5.41) is 20.7. The summed E-state index contributed by atoms with van der Waals surface area (Å²) < 4.78 is 10.7. The van der Waals surface area contributed by atoms with Crippen molar-refractivity contribution in [3.63, 3.8) is 0 Å². The summed E-state index contributed by atoms with van der Waals surface area (Å²) in [4.78, 5) is 12.0. The number of aliphatic hydroxyl groups excluding tert-OH is 2. The number of carbonyl (C=O) groups is 1. The summed E-state index contributed by atoms with van der Waals surface area (Å²) >= 11 is 0. The van der Waals surface area contributed by atoms with Gasteiger partial charge in [0.25, 0.3) is 0 Å². The Hall–Kier alpha value is -0.910. The molecule has 1 aliphatic heterocycles. The largest absolute Gasteiger partial charge is 0.428 e. The minimum absolute atomic E-state index is 0.0460. The van der Waals surface area contributed by atoms with Crippen LogP contribution in [0.5, 0.6) is 0 Å². The summed E-state index contributed by atoms with van der Waals surface area (Å²) in [7, 11) is 1.66. The molecule has 21 heavy (non-hydrogen) atoms. The first-order valence-corrected chi connectivity index (χ1v) is 7.54. The van der Waals surface area contributed by atoms with Crippen LogP contribution in [-0.4, -0.2) is 41.3 Å². The van der Waals surface area contributed by atoms with Gasteiger partial charge >= 0.3 is 5.97 Å². The number of rotatable bonds is 1. The van der Waals surface area contributed by atoms with Crippen molar-refractivity contribution in [2.45, 2.75) is 58.0 Å². The monoisotopic (exact) mass is 296 g/mol. The number of esters is 1. The van der Waals surface area contributed by atoms with Crippen LogP contribution in [0.2, 0.25) is 0 Å². The van der Waals surface area contributed by atoms with Crippen molar-refractivity contribution in [1.29, 1.82) is 0 Å². The van der Waals surface area contributed by atoms with E-state index >= 15 is 0 Å². The van der Waals surface area contributed by atoms with Crippen LogP contribution in [0.25, 0.3) is 0 Å². The van der Waals surface area contributed by atoms with Crippen molar-refractivity contribution in [3.8, 4) is 0 Å². The maximum Gasteiger partial charge on any atom is 0.339 e. The van der Waals surface area contributed by atoms with E-state index in [9.17, 15) is 15.0 Å². The summed E-state index contributed by atoms with van der Waals surface area (Å²) in [6, 6.07) is 0. The quantitative estimate of drug-likeness (QED) is 0.715. The zero-order chi connectivity index (χ0) is 15.6. The number of carbonyl (C=O) groups excluding carboxylic acids is 1. The number of methoxy groups -OCH3 is 1. The molecule has 5 atom stereocenters. The molecular formula is C16H24O5. The predicted octanol–water partition coefficient (Wildman–Crippen LogP) is 1.38. The standard InChI is InChI=1S/C16H24O5/c1-15(2)5-8-10(7-15)16(3,20-4)6-9-11(12(8)17)14(19)21-13(9)18/h8,10,12-13,17-18H,5-7H2,1-4H3. The summed E-state index contributed by atoms with van der Waals surface area (Å²) in [6.07, 6.45) is 0.0554. The van der Waals surface area contributed by atoms with E-state index in [1.807, 2.05) is 6.92 Å². The second-order valence-electron chi connectivity index (χ2n) is 7.68. The number of hydrogen-bond donors (Lipinski definition) is 2. The van der Waals surface area contributed by atoms with Gasteiger partial charge in [0, 0.05) is 19.1 Å². The van der Waals surface area contributed by atoms with Crippen LogP contribution in [0.1, 0.15) is 40.0 Å². The first-order chi connectivity index (χ1) is 9.68. The molecule has 2 N–H and O–H groups in total. The summed E-state index contributed by atoms with van der Waals surface area (Å²) in [6.45, 7) is 6.37. The highest BCUT2D eigenvalue weighted by Crippen LogP contribution is 2.56. The molecule has 0 aromatic rings. The highest BCUT2D eigenvalue weighted by molar-refractivity contribution is 5.93. The van der Waals surface area contributed by atoms with Gasteiger partial charge < -0.3 is 19.7 Å². The lowest BCUT2D eigenvalue weighted by molar-refractivity contribution is -0.155. The molecule has 3 aliphatic rings. The highest BCUT2D eigenvalue weighted by atomic mass is 16.6. The van der Waals surface area contributed by atoms with E-state index in [-0.39, 0.29) is 22.8 Å². The third-order valence-electron chi connectivity index (χ3n) is 5.65. The Labute approximate surface area is 124 Å². The van der Waals surface area contributed by atoms with Gasteiger partial charge in [-0.25, -0.2) is 4.79 Å². The second-order valence-corrected chi connectivity index (χ2v) is 7.68. The van der Waals surface area contributed by atoms with Crippen LogP contribution >= 0.6 is 0 Å². The van der Waals surface area contributed by atoms with Gasteiger partial charge in [-0.1, -0.05) is 13.8 Å². The fraction of sp³-hybridized carbons (Fsp3) is 0.812. The average Bonchev–Trinajstić information content (AvgIpc) is 2.83. The first kappa shape index (κ1) is 15.0. The molecule has 0 aromatic carbocycles. The second kappa shape index (κ2) is 4.54. The van der Waals surface area contributed by atoms with E-state index in [2.05, 4.69) is 13.8 Å². The molecule has 1 saturated carbocycles. The Morgan fingerprint density at radius 1 is 1.24 bits per heavy atom. The predicted molar refractivity (Wildman–Crippen MR) is 75.2 cm³/mol. The SMILES string of the molecule is COC1(C)CC2=C(C(=O)OC2O)C(O)C2CC(C)(C)CC21. The van der Waals surface area contributed by atoms with Gasteiger partial charge in [-0.3, -0.25) is 0 Å². The van der Waals surface area contributed by atoms with Gasteiger partial charge in [-0.2, -0.15) is 0 Å². The highest BCUT2D eigenvalue weighted by Gasteiger charge is 2.56. The van der Waals surface area contributed by atoms with Crippen molar-refractivity contribution in [2.24, 2.45) is 17.3 Å². The van der Waals surface area contributed by atoms with Crippen molar-refractivity contribution >= 4 is 5.97 Å². The van der Waals surface area contributed by atoms with Crippen molar-refractivity contribution in [1.82, 2.24) is 0 Å². The maximum atomic E-state index is 12.0. The Morgan fingerprint density at radius 3 is 2.52 bits per heavy atom. The average molecular weight is 296 g/mol. The van der Waals surface area contributed by atoms with Crippen LogP contribution in [0, 0.1) is 17.3 Å². The molecule has 0 bridgehead atoms. The molecule has 0 amide bonds. The molecule has 1 heterocycles. The molecule has 118 valence electrons. The molecule has 0 radical (unpaired) electrons. The van der Waals surface area contributed by atoms with Crippen molar-refractivity contribution in [2.75, 3.05) is 7.11 Å². The van der Waals surface area contributed by atoms with E-state index in [0.717, 1.165) is 12.8 Å². The summed E-state index contributed by atoms with van der Waals surface area (Å²) in [5.41, 5.74) is 0.348. The topological polar surface area (TPSA) is 76.0 Å². The van der Waals surface area contributed by atoms with Crippen LogP contribution in [-0.2, 0) is 14.3 Å². The van der Waals surface area contributed by atoms with Crippen molar-refractivity contribution < 1.29 is 24.5 Å². The molecule has 5 heteroatoms. The zero-order valence-corrected chi connectivity index (χ0v) is 13.0. The maximum absolute atomic E-state index is 12.0. The van der Waals surface area contributed by atoms with Crippen LogP contribution in [0.15, 0.2) is 11.1 Å². The zero-order valence-electron chi connectivity index (χ0n) is 13.0. The molecule has 1 fully saturated rings. The van der Waals surface area contributed by atoms with Crippen molar-refractivity contribution in [3.05, 3.63) is 11.1 Å². The van der Waals surface area contributed by atoms with Gasteiger partial charge in [0.1, 0.15) is 0 Å². The third kappa shape index (κ3) is 2.14. The molecule has 0 saturated heterocycles. The molecule has 3 rings (SSSR count). The molecule has 5 unspecified atom stereocenters. The van der Waals surface area contributed by atoms with Crippen LogP contribution in [0.3, 0.4) is 0 Å². The van der Waals surface area contributed by atoms with Gasteiger partial charge in [0.15, 0.2) is 0 Å². The lowest BCUT2D eigenvalue weighted by Crippen LogP contribution is -2.41. The van der Waals surface area contributed by atoms with E-state index in [1.54, 1.807) is 7.11 Å². The number of hydrogen-bond acceptors (Lipinski definition) is 5. The Morgan fingerprint density at radius 2 is 1.90 bits per heavy atom. The Bertz CT molecular complexity index is 509. The lowest BCUT2D eigenvalue weighted by Gasteiger charge is -2.38. The van der Waals surface area contributed by atoms with Gasteiger partial charge in [-0.15, -0.1) is 0 Å².